The average molecular weight is 365 g/mol. The normalized spacial score (nSPS) is 16.2. The molecule has 0 unspecified atom stereocenters. The summed E-state index contributed by atoms with van der Waals surface area (Å²) in [5.41, 5.74) is 2.45. The van der Waals surface area contributed by atoms with Crippen molar-refractivity contribution in [2.24, 2.45) is 0 Å². The van der Waals surface area contributed by atoms with Crippen LogP contribution in [0.15, 0.2) is 33.7 Å². The molecule has 136 valence electrons. The van der Waals surface area contributed by atoms with Crippen molar-refractivity contribution in [3.05, 3.63) is 46.8 Å². The van der Waals surface area contributed by atoms with Gasteiger partial charge in [-0.1, -0.05) is 29.4 Å². The quantitative estimate of drug-likeness (QED) is 0.837. The number of morpholine rings is 1. The molecule has 3 rings (SSSR count). The molecule has 1 aliphatic rings. The van der Waals surface area contributed by atoms with Gasteiger partial charge in [0.2, 0.25) is 10.0 Å². The average Bonchev–Trinajstić information content (AvgIpc) is 2.94. The summed E-state index contributed by atoms with van der Waals surface area (Å²) in [6, 6.07) is 7.96. The Morgan fingerprint density at radius 2 is 1.92 bits per heavy atom. The molecule has 0 radical (unpaired) electrons. The second-order valence-corrected chi connectivity index (χ2v) is 7.89. The van der Waals surface area contributed by atoms with Crippen molar-refractivity contribution in [3.8, 4) is 0 Å². The van der Waals surface area contributed by atoms with Crippen LogP contribution >= 0.6 is 0 Å². The van der Waals surface area contributed by atoms with Gasteiger partial charge in [-0.2, -0.15) is 0 Å². The highest BCUT2D eigenvalue weighted by Crippen LogP contribution is 2.19. The van der Waals surface area contributed by atoms with Gasteiger partial charge in [0.25, 0.3) is 0 Å². The number of aromatic nitrogens is 1. The van der Waals surface area contributed by atoms with Gasteiger partial charge in [0.05, 0.1) is 13.2 Å². The van der Waals surface area contributed by atoms with Crippen molar-refractivity contribution in [1.29, 1.82) is 0 Å². The molecule has 1 fully saturated rings. The van der Waals surface area contributed by atoms with Crippen LogP contribution in [0.5, 0.6) is 0 Å². The predicted molar refractivity (Wildman–Crippen MR) is 92.5 cm³/mol. The molecule has 1 saturated heterocycles. The van der Waals surface area contributed by atoms with Crippen molar-refractivity contribution in [2.45, 2.75) is 31.8 Å². The lowest BCUT2D eigenvalue weighted by atomic mass is 10.1. The zero-order chi connectivity index (χ0) is 17.9. The number of hydrogen-bond acceptors (Lipinski definition) is 6. The van der Waals surface area contributed by atoms with Crippen LogP contribution in [0.3, 0.4) is 0 Å². The van der Waals surface area contributed by atoms with Crippen LogP contribution in [-0.2, 0) is 27.8 Å². The molecule has 2 aromatic rings. The molecule has 1 aromatic heterocycles. The Hall–Kier alpha value is -1.74. The molecule has 2 heterocycles. The SMILES string of the molecule is Cc1noc(C)c1S(=O)(=O)NCc1cccc(CN2CCOCC2)c1. The molecule has 1 aliphatic heterocycles. The fourth-order valence-corrected chi connectivity index (χ4v) is 4.31. The first kappa shape index (κ1) is 18.1. The largest absolute Gasteiger partial charge is 0.379 e. The number of rotatable bonds is 6. The highest BCUT2D eigenvalue weighted by atomic mass is 32.2. The lowest BCUT2D eigenvalue weighted by Crippen LogP contribution is -2.35. The minimum atomic E-state index is -3.65. The molecular weight excluding hydrogens is 342 g/mol. The monoisotopic (exact) mass is 365 g/mol. The molecule has 1 aromatic carbocycles. The van der Waals surface area contributed by atoms with E-state index in [1.807, 2.05) is 18.2 Å². The molecule has 8 heteroatoms. The van der Waals surface area contributed by atoms with E-state index in [0.29, 0.717) is 11.5 Å². The van der Waals surface area contributed by atoms with E-state index in [-0.39, 0.29) is 11.4 Å². The lowest BCUT2D eigenvalue weighted by Gasteiger charge is -2.26. The van der Waals surface area contributed by atoms with Gasteiger partial charge in [0.15, 0.2) is 5.76 Å². The van der Waals surface area contributed by atoms with E-state index in [1.165, 1.54) is 0 Å². The first-order valence-electron chi connectivity index (χ1n) is 8.26. The van der Waals surface area contributed by atoms with Gasteiger partial charge in [0, 0.05) is 26.2 Å². The van der Waals surface area contributed by atoms with Gasteiger partial charge in [-0.25, -0.2) is 13.1 Å². The van der Waals surface area contributed by atoms with Crippen LogP contribution in [0.2, 0.25) is 0 Å². The minimum absolute atomic E-state index is 0.122. The fraction of sp³-hybridized carbons (Fsp3) is 0.471. The van der Waals surface area contributed by atoms with Crippen molar-refractivity contribution in [3.63, 3.8) is 0 Å². The van der Waals surface area contributed by atoms with E-state index in [1.54, 1.807) is 13.8 Å². The molecule has 7 nitrogen and oxygen atoms in total. The van der Waals surface area contributed by atoms with Gasteiger partial charge in [0.1, 0.15) is 10.6 Å². The minimum Gasteiger partial charge on any atom is -0.379 e. The summed E-state index contributed by atoms with van der Waals surface area (Å²) in [5.74, 6) is 0.297. The molecule has 0 bridgehead atoms. The smallest absolute Gasteiger partial charge is 0.246 e. The number of ether oxygens (including phenoxy) is 1. The van der Waals surface area contributed by atoms with E-state index in [0.717, 1.165) is 44.0 Å². The number of sulfonamides is 1. The summed E-state index contributed by atoms with van der Waals surface area (Å²) < 4.78 is 37.9. The Labute approximate surface area is 148 Å². The Kier molecular flexibility index (Phi) is 5.53. The zero-order valence-corrected chi connectivity index (χ0v) is 15.3. The second-order valence-electron chi connectivity index (χ2n) is 6.19. The first-order valence-corrected chi connectivity index (χ1v) is 9.74. The maximum atomic E-state index is 12.5. The van der Waals surface area contributed by atoms with Crippen LogP contribution in [0.4, 0.5) is 0 Å². The molecule has 1 N–H and O–H groups in total. The molecule has 0 amide bonds. The number of benzene rings is 1. The van der Waals surface area contributed by atoms with Crippen molar-refractivity contribution in [2.75, 3.05) is 26.3 Å². The summed E-state index contributed by atoms with van der Waals surface area (Å²) in [7, 11) is -3.65. The van der Waals surface area contributed by atoms with E-state index in [2.05, 4.69) is 20.8 Å². The number of aryl methyl sites for hydroxylation is 2. The maximum absolute atomic E-state index is 12.5. The molecule has 0 spiro atoms. The molecular formula is C17H23N3O4S. The number of nitrogens with one attached hydrogen (secondary N) is 1. The Morgan fingerprint density at radius 3 is 2.60 bits per heavy atom. The van der Waals surface area contributed by atoms with Crippen LogP contribution < -0.4 is 4.72 Å². The maximum Gasteiger partial charge on any atom is 0.246 e. The van der Waals surface area contributed by atoms with Crippen molar-refractivity contribution in [1.82, 2.24) is 14.8 Å². The van der Waals surface area contributed by atoms with Crippen molar-refractivity contribution < 1.29 is 17.7 Å². The van der Waals surface area contributed by atoms with Gasteiger partial charge >= 0.3 is 0 Å². The Balaban J connectivity index is 1.66. The fourth-order valence-electron chi connectivity index (χ4n) is 2.96. The van der Waals surface area contributed by atoms with Gasteiger partial charge in [-0.3, -0.25) is 4.90 Å². The summed E-state index contributed by atoms with van der Waals surface area (Å²) in [6.07, 6.45) is 0. The third-order valence-electron chi connectivity index (χ3n) is 4.20. The van der Waals surface area contributed by atoms with E-state index in [4.69, 9.17) is 9.26 Å². The van der Waals surface area contributed by atoms with Gasteiger partial charge < -0.3 is 9.26 Å². The molecule has 0 aliphatic carbocycles. The topological polar surface area (TPSA) is 84.7 Å². The molecule has 0 saturated carbocycles. The summed E-state index contributed by atoms with van der Waals surface area (Å²) >= 11 is 0. The zero-order valence-electron chi connectivity index (χ0n) is 14.5. The summed E-state index contributed by atoms with van der Waals surface area (Å²) in [6.45, 7) is 7.64. The summed E-state index contributed by atoms with van der Waals surface area (Å²) in [5, 5.41) is 3.71. The lowest BCUT2D eigenvalue weighted by molar-refractivity contribution is 0.0342. The standard InChI is InChI=1S/C17H23N3O4S/c1-13-17(14(2)24-19-13)25(21,22)18-11-15-4-3-5-16(10-15)12-20-6-8-23-9-7-20/h3-5,10,18H,6-9,11-12H2,1-2H3. The highest BCUT2D eigenvalue weighted by Gasteiger charge is 2.23. The predicted octanol–water partition coefficient (Wildman–Crippen LogP) is 1.60. The Morgan fingerprint density at radius 1 is 1.20 bits per heavy atom. The van der Waals surface area contributed by atoms with Crippen LogP contribution in [0.1, 0.15) is 22.6 Å². The third-order valence-corrected chi connectivity index (χ3v) is 5.85. The molecule has 0 atom stereocenters. The molecule has 25 heavy (non-hydrogen) atoms. The Bertz CT molecular complexity index is 807. The summed E-state index contributed by atoms with van der Waals surface area (Å²) in [4.78, 5) is 2.45. The highest BCUT2D eigenvalue weighted by molar-refractivity contribution is 7.89. The van der Waals surface area contributed by atoms with E-state index in [9.17, 15) is 8.42 Å². The second kappa shape index (κ2) is 7.65. The van der Waals surface area contributed by atoms with Gasteiger partial charge in [-0.05, 0) is 25.0 Å². The van der Waals surface area contributed by atoms with Gasteiger partial charge in [-0.15, -0.1) is 0 Å². The first-order chi connectivity index (χ1) is 12.0. The van der Waals surface area contributed by atoms with Crippen molar-refractivity contribution >= 4 is 10.0 Å². The van der Waals surface area contributed by atoms with E-state index < -0.39 is 10.0 Å². The van der Waals surface area contributed by atoms with Crippen LogP contribution in [-0.4, -0.2) is 44.8 Å². The van der Waals surface area contributed by atoms with E-state index >= 15 is 0 Å². The third kappa shape index (κ3) is 4.46. The number of nitrogens with zero attached hydrogens (tertiary/aromatic N) is 2. The number of hydrogen-bond donors (Lipinski definition) is 1. The van der Waals surface area contributed by atoms with Crippen LogP contribution in [0, 0.1) is 13.8 Å². The van der Waals surface area contributed by atoms with Crippen LogP contribution in [0.25, 0.3) is 0 Å².